The highest BCUT2D eigenvalue weighted by Gasteiger charge is 2.34. The molecule has 2 N–H and O–H groups in total. The number of rotatable bonds is 5. The lowest BCUT2D eigenvalue weighted by molar-refractivity contribution is -0.141. The Bertz CT molecular complexity index is 332. The van der Waals surface area contributed by atoms with Gasteiger partial charge < -0.3 is 10.4 Å². The first-order chi connectivity index (χ1) is 8.08. The second kappa shape index (κ2) is 6.29. The third-order valence-electron chi connectivity index (χ3n) is 3.25. The van der Waals surface area contributed by atoms with Crippen LogP contribution < -0.4 is 5.32 Å². The summed E-state index contributed by atoms with van der Waals surface area (Å²) in [6.07, 6.45) is 8.66. The first-order valence-corrected chi connectivity index (χ1v) is 6.07. The lowest BCUT2D eigenvalue weighted by Gasteiger charge is -2.15. The van der Waals surface area contributed by atoms with Crippen molar-refractivity contribution >= 4 is 11.9 Å². The highest BCUT2D eigenvalue weighted by atomic mass is 16.4. The van der Waals surface area contributed by atoms with E-state index in [1.807, 2.05) is 6.92 Å². The summed E-state index contributed by atoms with van der Waals surface area (Å²) < 4.78 is 0. The molecule has 0 heterocycles. The second-order valence-corrected chi connectivity index (χ2v) is 4.56. The molecule has 0 radical (unpaired) electrons. The van der Waals surface area contributed by atoms with E-state index in [0.29, 0.717) is 19.3 Å². The van der Waals surface area contributed by atoms with Gasteiger partial charge in [-0.25, -0.2) is 0 Å². The van der Waals surface area contributed by atoms with Crippen LogP contribution >= 0.6 is 0 Å². The van der Waals surface area contributed by atoms with Crippen LogP contribution in [0.5, 0.6) is 0 Å². The van der Waals surface area contributed by atoms with Gasteiger partial charge in [-0.1, -0.05) is 19.3 Å². The Balaban J connectivity index is 2.44. The van der Waals surface area contributed by atoms with E-state index in [1.54, 1.807) is 0 Å². The van der Waals surface area contributed by atoms with Gasteiger partial charge in [0.05, 0.1) is 12.0 Å². The number of carboxylic acid groups (broad SMARTS) is 1. The number of carbonyl (C=O) groups excluding carboxylic acids is 1. The average molecular weight is 237 g/mol. The van der Waals surface area contributed by atoms with Gasteiger partial charge in [0.15, 0.2) is 0 Å². The Kier molecular flexibility index (Phi) is 5.02. The van der Waals surface area contributed by atoms with Crippen molar-refractivity contribution in [1.82, 2.24) is 5.32 Å². The molecule has 94 valence electrons. The lowest BCUT2D eigenvalue weighted by Crippen LogP contribution is -2.37. The third-order valence-corrected chi connectivity index (χ3v) is 3.25. The molecule has 0 aromatic heterocycles. The number of nitrogens with one attached hydrogen (secondary N) is 1. The van der Waals surface area contributed by atoms with Crippen LogP contribution in [0.3, 0.4) is 0 Å². The van der Waals surface area contributed by atoms with Crippen LogP contribution in [0.15, 0.2) is 0 Å². The summed E-state index contributed by atoms with van der Waals surface area (Å²) in [7, 11) is 0. The molecule has 1 amide bonds. The van der Waals surface area contributed by atoms with Crippen LogP contribution in [0.1, 0.15) is 39.0 Å². The van der Waals surface area contributed by atoms with Crippen LogP contribution in [-0.2, 0) is 9.59 Å². The van der Waals surface area contributed by atoms with Gasteiger partial charge in [-0.05, 0) is 25.7 Å². The maximum absolute atomic E-state index is 11.9. The number of carbonyl (C=O) groups is 2. The van der Waals surface area contributed by atoms with Crippen LogP contribution in [0.2, 0.25) is 0 Å². The van der Waals surface area contributed by atoms with Gasteiger partial charge in [-0.3, -0.25) is 9.59 Å². The second-order valence-electron chi connectivity index (χ2n) is 4.56. The summed E-state index contributed by atoms with van der Waals surface area (Å²) in [5.74, 6) is 1.08. The Morgan fingerprint density at radius 3 is 2.59 bits per heavy atom. The van der Waals surface area contributed by atoms with Crippen LogP contribution in [0.25, 0.3) is 0 Å². The molecule has 3 atom stereocenters. The Labute approximate surface area is 102 Å². The molecule has 0 saturated heterocycles. The van der Waals surface area contributed by atoms with Crippen LogP contribution in [0, 0.1) is 24.2 Å². The van der Waals surface area contributed by atoms with Gasteiger partial charge in [-0.2, -0.15) is 0 Å². The van der Waals surface area contributed by atoms with E-state index in [4.69, 9.17) is 11.5 Å². The standard InChI is InChI=1S/C13H19NO3/c1-3-5-11(4-2)14-12(15)9-6-7-10(8-9)13(16)17/h2,9-11H,3,5-8H2,1H3,(H,14,15)(H,16,17). The van der Waals surface area contributed by atoms with Gasteiger partial charge in [0.25, 0.3) is 0 Å². The minimum Gasteiger partial charge on any atom is -0.481 e. The summed E-state index contributed by atoms with van der Waals surface area (Å²) in [5, 5.41) is 11.7. The predicted molar refractivity (Wildman–Crippen MR) is 64.1 cm³/mol. The molecular weight excluding hydrogens is 218 g/mol. The molecule has 4 heteroatoms. The molecule has 0 aromatic carbocycles. The fourth-order valence-electron chi connectivity index (χ4n) is 2.22. The molecule has 4 nitrogen and oxygen atoms in total. The summed E-state index contributed by atoms with van der Waals surface area (Å²) in [6.45, 7) is 2.01. The van der Waals surface area contributed by atoms with Crippen molar-refractivity contribution in [1.29, 1.82) is 0 Å². The maximum Gasteiger partial charge on any atom is 0.306 e. The van der Waals surface area contributed by atoms with E-state index in [2.05, 4.69) is 11.2 Å². The molecule has 0 aromatic rings. The Morgan fingerprint density at radius 2 is 2.12 bits per heavy atom. The molecule has 3 unspecified atom stereocenters. The number of hydrogen-bond donors (Lipinski definition) is 2. The average Bonchev–Trinajstić information content (AvgIpc) is 2.77. The number of terminal acetylenes is 1. The molecule has 1 aliphatic rings. The van der Waals surface area contributed by atoms with E-state index < -0.39 is 5.97 Å². The van der Waals surface area contributed by atoms with Crippen molar-refractivity contribution in [3.8, 4) is 12.3 Å². The minimum absolute atomic E-state index is 0.0925. The fraction of sp³-hybridized carbons (Fsp3) is 0.692. The molecule has 0 bridgehead atoms. The van der Waals surface area contributed by atoms with Crippen molar-refractivity contribution in [2.24, 2.45) is 11.8 Å². The zero-order chi connectivity index (χ0) is 12.8. The highest BCUT2D eigenvalue weighted by Crippen LogP contribution is 2.31. The van der Waals surface area contributed by atoms with Crippen molar-refractivity contribution in [3.05, 3.63) is 0 Å². The first kappa shape index (κ1) is 13.6. The zero-order valence-corrected chi connectivity index (χ0v) is 10.1. The summed E-state index contributed by atoms with van der Waals surface area (Å²) >= 11 is 0. The smallest absolute Gasteiger partial charge is 0.306 e. The van der Waals surface area contributed by atoms with Crippen molar-refractivity contribution in [2.45, 2.75) is 45.1 Å². The molecule has 1 fully saturated rings. The number of aliphatic carboxylic acids is 1. The van der Waals surface area contributed by atoms with Crippen molar-refractivity contribution in [3.63, 3.8) is 0 Å². The van der Waals surface area contributed by atoms with E-state index in [-0.39, 0.29) is 23.8 Å². The minimum atomic E-state index is -0.803. The Hall–Kier alpha value is -1.50. The van der Waals surface area contributed by atoms with Crippen LogP contribution in [0.4, 0.5) is 0 Å². The van der Waals surface area contributed by atoms with Gasteiger partial charge in [0, 0.05) is 5.92 Å². The number of carboxylic acids is 1. The molecule has 0 aliphatic heterocycles. The topological polar surface area (TPSA) is 66.4 Å². The number of hydrogen-bond acceptors (Lipinski definition) is 2. The Morgan fingerprint density at radius 1 is 1.47 bits per heavy atom. The van der Waals surface area contributed by atoms with E-state index in [1.165, 1.54) is 0 Å². The molecule has 17 heavy (non-hydrogen) atoms. The molecular formula is C13H19NO3. The zero-order valence-electron chi connectivity index (χ0n) is 10.1. The summed E-state index contributed by atoms with van der Waals surface area (Å²) in [5.41, 5.74) is 0. The first-order valence-electron chi connectivity index (χ1n) is 6.07. The van der Waals surface area contributed by atoms with E-state index in [9.17, 15) is 9.59 Å². The fourth-order valence-corrected chi connectivity index (χ4v) is 2.22. The molecule has 1 rings (SSSR count). The molecule has 1 saturated carbocycles. The van der Waals surface area contributed by atoms with Gasteiger partial charge in [0.1, 0.15) is 0 Å². The normalized spacial score (nSPS) is 24.9. The monoisotopic (exact) mass is 237 g/mol. The van der Waals surface area contributed by atoms with Gasteiger partial charge >= 0.3 is 5.97 Å². The van der Waals surface area contributed by atoms with Crippen molar-refractivity contribution in [2.75, 3.05) is 0 Å². The maximum atomic E-state index is 11.9. The van der Waals surface area contributed by atoms with Gasteiger partial charge in [-0.15, -0.1) is 6.42 Å². The highest BCUT2D eigenvalue weighted by molar-refractivity contribution is 5.81. The van der Waals surface area contributed by atoms with E-state index >= 15 is 0 Å². The SMILES string of the molecule is C#CC(CCC)NC(=O)C1CCC(C(=O)O)C1. The largest absolute Gasteiger partial charge is 0.481 e. The van der Waals surface area contributed by atoms with Crippen molar-refractivity contribution < 1.29 is 14.7 Å². The predicted octanol–water partition coefficient (Wildman–Crippen LogP) is 1.41. The summed E-state index contributed by atoms with van der Waals surface area (Å²) in [4.78, 5) is 22.6. The van der Waals surface area contributed by atoms with Crippen LogP contribution in [-0.4, -0.2) is 23.0 Å². The summed E-state index contributed by atoms with van der Waals surface area (Å²) in [6, 6.07) is -0.226. The molecule has 1 aliphatic carbocycles. The van der Waals surface area contributed by atoms with E-state index in [0.717, 1.165) is 12.8 Å². The third kappa shape index (κ3) is 3.77. The number of amides is 1. The quantitative estimate of drug-likeness (QED) is 0.710. The van der Waals surface area contributed by atoms with Gasteiger partial charge in [0.2, 0.25) is 5.91 Å². The molecule has 0 spiro atoms. The lowest BCUT2D eigenvalue weighted by atomic mass is 10.0.